The molecule has 1 aliphatic carbocycles. The molecule has 20 heavy (non-hydrogen) atoms. The molecule has 1 aromatic rings. The van der Waals surface area contributed by atoms with Gasteiger partial charge in [-0.1, -0.05) is 20.8 Å². The molecule has 0 unspecified atom stereocenters. The highest BCUT2D eigenvalue weighted by molar-refractivity contribution is 5.20. The third kappa shape index (κ3) is 4.21. The van der Waals surface area contributed by atoms with Gasteiger partial charge >= 0.3 is 12.0 Å². The molecule has 0 aliphatic heterocycles. The van der Waals surface area contributed by atoms with Crippen molar-refractivity contribution in [3.8, 4) is 12.0 Å². The third-order valence-electron chi connectivity index (χ3n) is 3.61. The molecule has 1 saturated carbocycles. The van der Waals surface area contributed by atoms with Crippen LogP contribution in [0.4, 0.5) is 5.95 Å². The largest absolute Gasteiger partial charge is 0.463 e. The Balaban J connectivity index is 1.97. The first-order chi connectivity index (χ1) is 9.48. The fourth-order valence-corrected chi connectivity index (χ4v) is 2.30. The van der Waals surface area contributed by atoms with E-state index in [0.29, 0.717) is 12.0 Å². The maximum absolute atomic E-state index is 5.83. The summed E-state index contributed by atoms with van der Waals surface area (Å²) in [6.07, 6.45) is 5.38. The van der Waals surface area contributed by atoms with Crippen LogP contribution in [0.25, 0.3) is 0 Å². The SMILES string of the molecule is CCCOc1nc(N)nc(OC2CCC(C)(C)CC2)n1. The van der Waals surface area contributed by atoms with E-state index in [9.17, 15) is 0 Å². The summed E-state index contributed by atoms with van der Waals surface area (Å²) in [5.74, 6) is 0.136. The average Bonchev–Trinajstić information content (AvgIpc) is 2.38. The summed E-state index contributed by atoms with van der Waals surface area (Å²) in [4.78, 5) is 12.1. The van der Waals surface area contributed by atoms with E-state index >= 15 is 0 Å². The molecule has 2 N–H and O–H groups in total. The lowest BCUT2D eigenvalue weighted by molar-refractivity contribution is 0.0894. The maximum atomic E-state index is 5.83. The molecule has 2 rings (SSSR count). The Morgan fingerprint density at radius 3 is 2.45 bits per heavy atom. The highest BCUT2D eigenvalue weighted by Gasteiger charge is 2.28. The fourth-order valence-electron chi connectivity index (χ4n) is 2.30. The molecular formula is C14H24N4O2. The number of anilines is 1. The molecule has 0 aromatic carbocycles. The van der Waals surface area contributed by atoms with Gasteiger partial charge < -0.3 is 15.2 Å². The lowest BCUT2D eigenvalue weighted by atomic mass is 9.76. The molecule has 0 amide bonds. The van der Waals surface area contributed by atoms with Gasteiger partial charge in [0.25, 0.3) is 0 Å². The Hall–Kier alpha value is -1.59. The maximum Gasteiger partial charge on any atom is 0.324 e. The van der Waals surface area contributed by atoms with Crippen molar-refractivity contribution in [3.05, 3.63) is 0 Å². The highest BCUT2D eigenvalue weighted by atomic mass is 16.5. The quantitative estimate of drug-likeness (QED) is 0.892. The van der Waals surface area contributed by atoms with Crippen molar-refractivity contribution in [2.45, 2.75) is 59.0 Å². The van der Waals surface area contributed by atoms with Gasteiger partial charge in [-0.2, -0.15) is 9.97 Å². The number of nitrogen functional groups attached to an aromatic ring is 1. The van der Waals surface area contributed by atoms with Crippen LogP contribution < -0.4 is 15.2 Å². The molecule has 1 aromatic heterocycles. The summed E-state index contributed by atoms with van der Waals surface area (Å²) in [6.45, 7) is 7.16. The van der Waals surface area contributed by atoms with Crippen LogP contribution in [0.5, 0.6) is 12.0 Å². The Morgan fingerprint density at radius 2 is 1.80 bits per heavy atom. The van der Waals surface area contributed by atoms with E-state index in [0.717, 1.165) is 32.1 Å². The molecule has 1 heterocycles. The van der Waals surface area contributed by atoms with Crippen LogP contribution in [0.1, 0.15) is 52.9 Å². The van der Waals surface area contributed by atoms with Gasteiger partial charge in [0.15, 0.2) is 0 Å². The zero-order valence-electron chi connectivity index (χ0n) is 12.6. The van der Waals surface area contributed by atoms with Gasteiger partial charge in [0.2, 0.25) is 5.95 Å². The summed E-state index contributed by atoms with van der Waals surface area (Å²) in [7, 11) is 0. The van der Waals surface area contributed by atoms with E-state index in [2.05, 4.69) is 28.8 Å². The number of ether oxygens (including phenoxy) is 2. The number of hydrogen-bond donors (Lipinski definition) is 1. The number of nitrogens with two attached hydrogens (primary N) is 1. The van der Waals surface area contributed by atoms with E-state index < -0.39 is 0 Å². The number of hydrogen-bond acceptors (Lipinski definition) is 6. The van der Waals surface area contributed by atoms with Gasteiger partial charge in [-0.05, 0) is 37.5 Å². The van der Waals surface area contributed by atoms with Crippen LogP contribution in [-0.2, 0) is 0 Å². The molecule has 0 radical (unpaired) electrons. The summed E-state index contributed by atoms with van der Waals surface area (Å²) < 4.78 is 11.2. The molecule has 0 bridgehead atoms. The van der Waals surface area contributed by atoms with Crippen LogP contribution in [-0.4, -0.2) is 27.7 Å². The van der Waals surface area contributed by atoms with Crippen LogP contribution in [0.3, 0.4) is 0 Å². The third-order valence-corrected chi connectivity index (χ3v) is 3.61. The van der Waals surface area contributed by atoms with Crippen molar-refractivity contribution >= 4 is 5.95 Å². The molecular weight excluding hydrogens is 256 g/mol. The van der Waals surface area contributed by atoms with Gasteiger partial charge in [-0.25, -0.2) is 0 Å². The predicted molar refractivity (Wildman–Crippen MR) is 76.7 cm³/mol. The smallest absolute Gasteiger partial charge is 0.324 e. The standard InChI is InChI=1S/C14H24N4O2/c1-4-9-19-12-16-11(15)17-13(18-12)20-10-5-7-14(2,3)8-6-10/h10H,4-9H2,1-3H3,(H2,15,16,17,18). The number of aromatic nitrogens is 3. The van der Waals surface area contributed by atoms with Crippen molar-refractivity contribution < 1.29 is 9.47 Å². The lowest BCUT2D eigenvalue weighted by Crippen LogP contribution is -2.29. The van der Waals surface area contributed by atoms with E-state index in [-0.39, 0.29) is 24.1 Å². The Morgan fingerprint density at radius 1 is 1.15 bits per heavy atom. The minimum atomic E-state index is 0.136. The monoisotopic (exact) mass is 280 g/mol. The topological polar surface area (TPSA) is 83.2 Å². The summed E-state index contributed by atoms with van der Waals surface area (Å²) in [6, 6.07) is 0.513. The van der Waals surface area contributed by atoms with Gasteiger partial charge in [-0.3, -0.25) is 0 Å². The normalized spacial score (nSPS) is 18.8. The van der Waals surface area contributed by atoms with E-state index in [1.807, 2.05) is 6.92 Å². The Bertz CT molecular complexity index is 441. The molecule has 1 aliphatic rings. The van der Waals surface area contributed by atoms with Crippen molar-refractivity contribution in [3.63, 3.8) is 0 Å². The highest BCUT2D eigenvalue weighted by Crippen LogP contribution is 2.36. The minimum absolute atomic E-state index is 0.136. The van der Waals surface area contributed by atoms with Gasteiger partial charge in [0.05, 0.1) is 6.61 Å². The predicted octanol–water partition coefficient (Wildman–Crippen LogP) is 2.59. The van der Waals surface area contributed by atoms with Gasteiger partial charge in [0, 0.05) is 0 Å². The van der Waals surface area contributed by atoms with Crippen LogP contribution in [0.15, 0.2) is 0 Å². The average molecular weight is 280 g/mol. The zero-order valence-corrected chi connectivity index (χ0v) is 12.6. The minimum Gasteiger partial charge on any atom is -0.463 e. The number of nitrogens with zero attached hydrogens (tertiary/aromatic N) is 3. The molecule has 0 atom stereocenters. The summed E-state index contributed by atoms with van der Waals surface area (Å²) in [5, 5.41) is 0. The first-order valence-electron chi connectivity index (χ1n) is 7.29. The second kappa shape index (κ2) is 6.24. The van der Waals surface area contributed by atoms with Gasteiger partial charge in [0.1, 0.15) is 6.10 Å². The van der Waals surface area contributed by atoms with Crippen molar-refractivity contribution in [1.29, 1.82) is 0 Å². The molecule has 6 nitrogen and oxygen atoms in total. The van der Waals surface area contributed by atoms with Crippen molar-refractivity contribution in [1.82, 2.24) is 15.0 Å². The number of rotatable bonds is 5. The second-order valence-electron chi connectivity index (χ2n) is 6.09. The van der Waals surface area contributed by atoms with Crippen molar-refractivity contribution in [2.75, 3.05) is 12.3 Å². The summed E-state index contributed by atoms with van der Waals surface area (Å²) >= 11 is 0. The van der Waals surface area contributed by atoms with Crippen LogP contribution in [0.2, 0.25) is 0 Å². The fraction of sp³-hybridized carbons (Fsp3) is 0.786. The molecule has 1 fully saturated rings. The lowest BCUT2D eigenvalue weighted by Gasteiger charge is -2.33. The molecule has 0 spiro atoms. The molecule has 6 heteroatoms. The van der Waals surface area contributed by atoms with Crippen LogP contribution >= 0.6 is 0 Å². The van der Waals surface area contributed by atoms with Gasteiger partial charge in [-0.15, -0.1) is 4.98 Å². The summed E-state index contributed by atoms with van der Waals surface area (Å²) in [5.41, 5.74) is 6.07. The molecule has 0 saturated heterocycles. The second-order valence-corrected chi connectivity index (χ2v) is 6.09. The Kier molecular flexibility index (Phi) is 4.62. The van der Waals surface area contributed by atoms with Crippen molar-refractivity contribution in [2.24, 2.45) is 5.41 Å². The van der Waals surface area contributed by atoms with Crippen LogP contribution in [0, 0.1) is 5.41 Å². The van der Waals surface area contributed by atoms with E-state index in [1.165, 1.54) is 0 Å². The first kappa shape index (κ1) is 14.8. The zero-order chi connectivity index (χ0) is 14.6. The Labute approximate surface area is 120 Å². The van der Waals surface area contributed by atoms with E-state index in [1.54, 1.807) is 0 Å². The molecule has 112 valence electrons. The van der Waals surface area contributed by atoms with E-state index in [4.69, 9.17) is 15.2 Å². The first-order valence-corrected chi connectivity index (χ1v) is 7.29.